The van der Waals surface area contributed by atoms with E-state index in [1.807, 2.05) is 0 Å². The summed E-state index contributed by atoms with van der Waals surface area (Å²) in [6.07, 6.45) is 10.8. The molecular weight excluding hydrogens is 368 g/mol. The zero-order chi connectivity index (χ0) is 20.0. The minimum absolute atomic E-state index is 0.0933. The number of hydrogen-bond donors (Lipinski definition) is 1. The van der Waals surface area contributed by atoms with Crippen LogP contribution in [0.3, 0.4) is 0 Å². The Morgan fingerprint density at radius 2 is 1.52 bits per heavy atom. The summed E-state index contributed by atoms with van der Waals surface area (Å²) in [4.78, 5) is 0. The first-order valence-corrected chi connectivity index (χ1v) is 11.8. The molecule has 5 heteroatoms. The molecule has 2 saturated heterocycles. The third-order valence-corrected chi connectivity index (χ3v) is 10.3. The minimum atomic E-state index is -0.775. The smallest absolute Gasteiger partial charge is 0.174 e. The molecular formula is C24H36O5. The van der Waals surface area contributed by atoms with Crippen molar-refractivity contribution < 1.29 is 24.1 Å². The Balaban J connectivity index is 1.34. The lowest BCUT2D eigenvalue weighted by Gasteiger charge is -2.65. The third-order valence-electron chi connectivity index (χ3n) is 10.3. The quantitative estimate of drug-likeness (QED) is 0.674. The summed E-state index contributed by atoms with van der Waals surface area (Å²) in [7, 11) is 0. The van der Waals surface area contributed by atoms with Gasteiger partial charge in [0.25, 0.3) is 0 Å². The van der Waals surface area contributed by atoms with Crippen molar-refractivity contribution in [3.63, 3.8) is 0 Å². The van der Waals surface area contributed by atoms with Gasteiger partial charge in [-0.3, -0.25) is 0 Å². The maximum absolute atomic E-state index is 12.0. The van der Waals surface area contributed by atoms with Gasteiger partial charge in [0.2, 0.25) is 0 Å². The largest absolute Gasteiger partial charge is 0.389 e. The van der Waals surface area contributed by atoms with E-state index in [0.717, 1.165) is 58.2 Å². The summed E-state index contributed by atoms with van der Waals surface area (Å²) in [6, 6.07) is 0. The Morgan fingerprint density at radius 3 is 2.24 bits per heavy atom. The van der Waals surface area contributed by atoms with Gasteiger partial charge in [-0.1, -0.05) is 13.0 Å². The summed E-state index contributed by atoms with van der Waals surface area (Å²) < 4.78 is 24.6. The highest BCUT2D eigenvalue weighted by Crippen LogP contribution is 2.71. The second-order valence-electron chi connectivity index (χ2n) is 10.9. The molecule has 4 saturated carbocycles. The average molecular weight is 405 g/mol. The van der Waals surface area contributed by atoms with Gasteiger partial charge in [-0.2, -0.15) is 0 Å². The fourth-order valence-electron chi connectivity index (χ4n) is 8.99. The van der Waals surface area contributed by atoms with Gasteiger partial charge < -0.3 is 24.1 Å². The number of rotatable bonds is 1. The van der Waals surface area contributed by atoms with Crippen molar-refractivity contribution in [2.45, 2.75) is 81.9 Å². The molecule has 1 N–H and O–H groups in total. The van der Waals surface area contributed by atoms with E-state index in [1.54, 1.807) is 0 Å². The highest BCUT2D eigenvalue weighted by atomic mass is 16.7. The fraction of sp³-hybridized carbons (Fsp3) is 0.917. The van der Waals surface area contributed by atoms with Crippen molar-refractivity contribution >= 4 is 0 Å². The second-order valence-corrected chi connectivity index (χ2v) is 10.9. The molecule has 0 bridgehead atoms. The number of aliphatic hydroxyl groups is 1. The maximum Gasteiger partial charge on any atom is 0.174 e. The van der Waals surface area contributed by atoms with Gasteiger partial charge in [-0.25, -0.2) is 0 Å². The normalized spacial score (nSPS) is 52.3. The van der Waals surface area contributed by atoms with Crippen molar-refractivity contribution in [3.8, 4) is 0 Å². The van der Waals surface area contributed by atoms with E-state index in [2.05, 4.69) is 19.6 Å². The van der Waals surface area contributed by atoms with E-state index < -0.39 is 11.4 Å². The van der Waals surface area contributed by atoms with Crippen molar-refractivity contribution in [2.24, 2.45) is 28.6 Å². The molecule has 6 aliphatic rings. The molecule has 6 fully saturated rings. The molecule has 162 valence electrons. The topological polar surface area (TPSA) is 57.2 Å². The molecule has 0 amide bonds. The SMILES string of the molecule is C=C[C@]12CCC3(C[C@]1(O)CC[C@H]1[C@@H]4CCC5(OCCO5)[C@@]4(C)CC[C@@H]12)OCCO3. The highest BCUT2D eigenvalue weighted by Gasteiger charge is 2.71. The van der Waals surface area contributed by atoms with Gasteiger partial charge in [-0.05, 0) is 56.3 Å². The van der Waals surface area contributed by atoms with E-state index in [-0.39, 0.29) is 16.6 Å². The first-order chi connectivity index (χ1) is 13.9. The van der Waals surface area contributed by atoms with Gasteiger partial charge in [-0.15, -0.1) is 6.58 Å². The predicted octanol–water partition coefficient (Wildman–Crippen LogP) is 3.80. The Morgan fingerprint density at radius 1 is 0.828 bits per heavy atom. The van der Waals surface area contributed by atoms with E-state index in [4.69, 9.17) is 18.9 Å². The zero-order valence-electron chi connectivity index (χ0n) is 17.8. The molecule has 2 heterocycles. The van der Waals surface area contributed by atoms with Crippen LogP contribution < -0.4 is 0 Å². The standard InChI is InChI=1S/C24H36O5/c1-3-21-10-11-23(26-12-13-27-23)16-22(21,25)8-4-17-18-6-9-24(28-14-15-29-24)20(18,2)7-5-19(17)21/h3,17-19,25H,1,4-16H2,2H3/t17-,18-,19-,20-,21+,22+/m0/s1. The third kappa shape index (κ3) is 2.24. The van der Waals surface area contributed by atoms with E-state index in [9.17, 15) is 5.11 Å². The Hall–Kier alpha value is -0.460. The lowest BCUT2D eigenvalue weighted by Crippen LogP contribution is -2.66. The van der Waals surface area contributed by atoms with E-state index >= 15 is 0 Å². The van der Waals surface area contributed by atoms with Crippen LogP contribution in [0.25, 0.3) is 0 Å². The zero-order valence-corrected chi connectivity index (χ0v) is 17.8. The molecule has 5 nitrogen and oxygen atoms in total. The summed E-state index contributed by atoms with van der Waals surface area (Å²) in [5.74, 6) is 0.765. The molecule has 2 aliphatic heterocycles. The molecule has 4 aliphatic carbocycles. The number of hydrogen-bond acceptors (Lipinski definition) is 5. The predicted molar refractivity (Wildman–Crippen MR) is 107 cm³/mol. The van der Waals surface area contributed by atoms with Crippen LogP contribution in [0, 0.1) is 28.6 Å². The van der Waals surface area contributed by atoms with Crippen LogP contribution >= 0.6 is 0 Å². The van der Waals surface area contributed by atoms with E-state index in [0.29, 0.717) is 37.4 Å². The summed E-state index contributed by atoms with van der Waals surface area (Å²) in [5, 5.41) is 12.0. The van der Waals surface area contributed by atoms with Gasteiger partial charge in [0.15, 0.2) is 11.6 Å². The van der Waals surface area contributed by atoms with Crippen LogP contribution in [0.5, 0.6) is 0 Å². The molecule has 0 aromatic rings. The molecule has 0 aromatic heterocycles. The summed E-state index contributed by atoms with van der Waals surface area (Å²) >= 11 is 0. The average Bonchev–Trinajstić information content (AvgIpc) is 3.43. The molecule has 0 aromatic carbocycles. The van der Waals surface area contributed by atoms with Crippen molar-refractivity contribution in [3.05, 3.63) is 12.7 Å². The monoisotopic (exact) mass is 404 g/mol. The molecule has 0 radical (unpaired) electrons. The van der Waals surface area contributed by atoms with Crippen molar-refractivity contribution in [2.75, 3.05) is 26.4 Å². The van der Waals surface area contributed by atoms with E-state index in [1.165, 1.54) is 6.42 Å². The van der Waals surface area contributed by atoms with Crippen LogP contribution in [0.2, 0.25) is 0 Å². The molecule has 2 spiro atoms. The number of fused-ring (bicyclic) bond motifs is 6. The Bertz CT molecular complexity index is 695. The summed E-state index contributed by atoms with van der Waals surface area (Å²) in [5.41, 5.74) is -0.913. The molecule has 6 atom stereocenters. The van der Waals surface area contributed by atoms with Crippen LogP contribution in [0.15, 0.2) is 12.7 Å². The van der Waals surface area contributed by atoms with Crippen molar-refractivity contribution in [1.29, 1.82) is 0 Å². The summed E-state index contributed by atoms with van der Waals surface area (Å²) in [6.45, 7) is 9.46. The second kappa shape index (κ2) is 6.07. The number of ether oxygens (including phenoxy) is 4. The van der Waals surface area contributed by atoms with Crippen LogP contribution in [0.1, 0.15) is 64.7 Å². The lowest BCUT2D eigenvalue weighted by molar-refractivity contribution is -0.287. The minimum Gasteiger partial charge on any atom is -0.389 e. The molecule has 29 heavy (non-hydrogen) atoms. The lowest BCUT2D eigenvalue weighted by atomic mass is 9.42. The van der Waals surface area contributed by atoms with Gasteiger partial charge in [0.1, 0.15) is 0 Å². The highest BCUT2D eigenvalue weighted by molar-refractivity contribution is 5.22. The Labute approximate surface area is 174 Å². The van der Waals surface area contributed by atoms with Gasteiger partial charge in [0, 0.05) is 30.1 Å². The first-order valence-electron chi connectivity index (χ1n) is 11.8. The van der Waals surface area contributed by atoms with Gasteiger partial charge in [0.05, 0.1) is 32.0 Å². The Kier molecular flexibility index (Phi) is 4.03. The van der Waals surface area contributed by atoms with Gasteiger partial charge >= 0.3 is 0 Å². The first kappa shape index (κ1) is 19.2. The maximum atomic E-state index is 12.0. The fourth-order valence-corrected chi connectivity index (χ4v) is 8.99. The van der Waals surface area contributed by atoms with Crippen LogP contribution in [-0.4, -0.2) is 48.7 Å². The molecule has 0 unspecified atom stereocenters. The molecule has 6 rings (SSSR count). The van der Waals surface area contributed by atoms with Crippen LogP contribution in [0.4, 0.5) is 0 Å². The van der Waals surface area contributed by atoms with Crippen molar-refractivity contribution in [1.82, 2.24) is 0 Å². The van der Waals surface area contributed by atoms with Crippen LogP contribution in [-0.2, 0) is 18.9 Å².